The first kappa shape index (κ1) is 13.6. The smallest absolute Gasteiger partial charge is 0.303 e. The molecule has 2 rings (SSSR count). The predicted octanol–water partition coefficient (Wildman–Crippen LogP) is 2.59. The molecule has 0 saturated heterocycles. The van der Waals surface area contributed by atoms with Gasteiger partial charge in [0.2, 0.25) is 5.88 Å². The Morgan fingerprint density at radius 2 is 2.39 bits per heavy atom. The lowest BCUT2D eigenvalue weighted by Crippen LogP contribution is -2.11. The third kappa shape index (κ3) is 3.35. The Hall–Kier alpha value is -0.820. The van der Waals surface area contributed by atoms with E-state index in [1.165, 1.54) is 11.8 Å². The maximum absolute atomic E-state index is 10.7. The van der Waals surface area contributed by atoms with Crippen LogP contribution in [0.5, 0.6) is 5.88 Å². The summed E-state index contributed by atoms with van der Waals surface area (Å²) < 4.78 is 5.80. The van der Waals surface area contributed by atoms with Crippen molar-refractivity contribution in [2.75, 3.05) is 12.9 Å². The number of carbonyl (C=O) groups is 1. The zero-order valence-corrected chi connectivity index (χ0v) is 12.3. The van der Waals surface area contributed by atoms with Gasteiger partial charge in [-0.15, -0.1) is 0 Å². The van der Waals surface area contributed by atoms with Crippen LogP contribution in [0.25, 0.3) is 0 Å². The number of hydrogen-bond donors (Lipinski definition) is 1. The average Bonchev–Trinajstić information content (AvgIpc) is 3.07. The number of halogens is 1. The molecule has 1 N–H and O–H groups in total. The molecular weight excluding hydrogens is 320 g/mol. The Labute approximate surface area is 117 Å². The maximum Gasteiger partial charge on any atom is 0.303 e. The largest absolute Gasteiger partial charge is 0.481 e. The van der Waals surface area contributed by atoms with Gasteiger partial charge in [-0.2, -0.15) is 4.98 Å². The summed E-state index contributed by atoms with van der Waals surface area (Å²) in [6.45, 7) is 0. The Morgan fingerprint density at radius 1 is 1.67 bits per heavy atom. The van der Waals surface area contributed by atoms with E-state index in [-0.39, 0.29) is 11.8 Å². The van der Waals surface area contributed by atoms with E-state index in [1.807, 2.05) is 0 Å². The molecule has 0 atom stereocenters. The number of methoxy groups -OCH3 is 1. The molecule has 0 bridgehead atoms. The van der Waals surface area contributed by atoms with Gasteiger partial charge < -0.3 is 9.84 Å². The number of carboxylic acids is 1. The molecule has 0 aromatic carbocycles. The fraction of sp³-hybridized carbons (Fsp3) is 0.545. The molecule has 7 heteroatoms. The lowest BCUT2D eigenvalue weighted by atomic mass is 10.1. The minimum atomic E-state index is -0.734. The van der Waals surface area contributed by atoms with Crippen molar-refractivity contribution in [2.45, 2.75) is 24.4 Å². The molecule has 0 radical (unpaired) electrons. The van der Waals surface area contributed by atoms with Crippen molar-refractivity contribution >= 4 is 33.7 Å². The van der Waals surface area contributed by atoms with E-state index in [9.17, 15) is 4.79 Å². The first-order valence-corrected chi connectivity index (χ1v) is 7.24. The van der Waals surface area contributed by atoms with E-state index in [0.29, 0.717) is 15.5 Å². The standard InChI is InChI=1S/C11H13BrN2O3S/c1-17-9-7(12)5-13-10(14-9)18-6-11(2-3-11)4-8(15)16/h5H,2-4,6H2,1H3,(H,15,16). The summed E-state index contributed by atoms with van der Waals surface area (Å²) in [4.78, 5) is 19.2. The van der Waals surface area contributed by atoms with Gasteiger partial charge in [0, 0.05) is 11.9 Å². The number of hydrogen-bond acceptors (Lipinski definition) is 5. The number of nitrogens with zero attached hydrogens (tertiary/aromatic N) is 2. The molecule has 1 fully saturated rings. The molecule has 1 aromatic heterocycles. The van der Waals surface area contributed by atoms with Crippen molar-refractivity contribution in [3.63, 3.8) is 0 Å². The predicted molar refractivity (Wildman–Crippen MR) is 70.9 cm³/mol. The number of ether oxygens (including phenoxy) is 1. The second kappa shape index (κ2) is 5.44. The van der Waals surface area contributed by atoms with Gasteiger partial charge in [-0.25, -0.2) is 4.98 Å². The SMILES string of the molecule is COc1nc(SCC2(CC(=O)O)CC2)ncc1Br. The minimum Gasteiger partial charge on any atom is -0.481 e. The molecule has 1 aromatic rings. The second-order valence-electron chi connectivity index (χ2n) is 4.37. The molecule has 98 valence electrons. The molecule has 18 heavy (non-hydrogen) atoms. The van der Waals surface area contributed by atoms with Crippen molar-refractivity contribution in [2.24, 2.45) is 5.41 Å². The van der Waals surface area contributed by atoms with Gasteiger partial charge in [0.25, 0.3) is 0 Å². The van der Waals surface area contributed by atoms with Crippen LogP contribution in [0.2, 0.25) is 0 Å². The zero-order valence-electron chi connectivity index (χ0n) is 9.85. The molecular formula is C11H13BrN2O3S. The Morgan fingerprint density at radius 3 is 2.94 bits per heavy atom. The number of aliphatic carboxylic acids is 1. The van der Waals surface area contributed by atoms with Crippen LogP contribution in [0.4, 0.5) is 0 Å². The highest BCUT2D eigenvalue weighted by Crippen LogP contribution is 2.51. The quantitative estimate of drug-likeness (QED) is 0.637. The molecule has 0 aliphatic heterocycles. The summed E-state index contributed by atoms with van der Waals surface area (Å²) in [6, 6.07) is 0. The Balaban J connectivity index is 1.96. The van der Waals surface area contributed by atoms with Crippen LogP contribution in [-0.2, 0) is 4.79 Å². The van der Waals surface area contributed by atoms with Crippen molar-refractivity contribution < 1.29 is 14.6 Å². The van der Waals surface area contributed by atoms with Crippen LogP contribution >= 0.6 is 27.7 Å². The highest BCUT2D eigenvalue weighted by molar-refractivity contribution is 9.10. The number of aromatic nitrogens is 2. The van der Waals surface area contributed by atoms with E-state index in [0.717, 1.165) is 18.6 Å². The first-order chi connectivity index (χ1) is 8.54. The van der Waals surface area contributed by atoms with Crippen LogP contribution in [0.3, 0.4) is 0 Å². The normalized spacial score (nSPS) is 16.3. The van der Waals surface area contributed by atoms with Gasteiger partial charge in [-0.3, -0.25) is 4.79 Å². The fourth-order valence-electron chi connectivity index (χ4n) is 1.64. The molecule has 0 unspecified atom stereocenters. The maximum atomic E-state index is 10.7. The number of carboxylic acid groups (broad SMARTS) is 1. The number of rotatable bonds is 6. The molecule has 1 aliphatic rings. The molecule has 1 saturated carbocycles. The van der Waals surface area contributed by atoms with Crippen molar-refractivity contribution in [3.05, 3.63) is 10.7 Å². The molecule has 1 heterocycles. The lowest BCUT2D eigenvalue weighted by Gasteiger charge is -2.11. The molecule has 5 nitrogen and oxygen atoms in total. The highest BCUT2D eigenvalue weighted by Gasteiger charge is 2.44. The van der Waals surface area contributed by atoms with Gasteiger partial charge in [0.05, 0.1) is 18.0 Å². The monoisotopic (exact) mass is 332 g/mol. The van der Waals surface area contributed by atoms with Crippen LogP contribution in [0, 0.1) is 5.41 Å². The van der Waals surface area contributed by atoms with E-state index in [4.69, 9.17) is 9.84 Å². The summed E-state index contributed by atoms with van der Waals surface area (Å²) in [5.41, 5.74) is -0.0554. The minimum absolute atomic E-state index is 0.0554. The third-order valence-corrected chi connectivity index (χ3v) is 4.63. The summed E-state index contributed by atoms with van der Waals surface area (Å²) in [7, 11) is 1.55. The van der Waals surface area contributed by atoms with Crippen molar-refractivity contribution in [3.8, 4) is 5.88 Å². The zero-order chi connectivity index (χ0) is 13.2. The van der Waals surface area contributed by atoms with Gasteiger partial charge in [-0.1, -0.05) is 11.8 Å². The fourth-order valence-corrected chi connectivity index (χ4v) is 3.09. The van der Waals surface area contributed by atoms with Crippen LogP contribution in [0.15, 0.2) is 15.8 Å². The first-order valence-electron chi connectivity index (χ1n) is 5.46. The Kier molecular flexibility index (Phi) is 4.11. The average molecular weight is 333 g/mol. The van der Waals surface area contributed by atoms with Gasteiger partial charge in [0.1, 0.15) is 0 Å². The van der Waals surface area contributed by atoms with E-state index < -0.39 is 5.97 Å². The van der Waals surface area contributed by atoms with E-state index >= 15 is 0 Å². The molecule has 0 spiro atoms. The van der Waals surface area contributed by atoms with Crippen LogP contribution in [0.1, 0.15) is 19.3 Å². The van der Waals surface area contributed by atoms with Crippen LogP contribution in [-0.4, -0.2) is 33.9 Å². The van der Waals surface area contributed by atoms with Gasteiger partial charge in [0.15, 0.2) is 5.16 Å². The summed E-state index contributed by atoms with van der Waals surface area (Å²) in [5.74, 6) is 0.502. The van der Waals surface area contributed by atoms with Gasteiger partial charge >= 0.3 is 5.97 Å². The third-order valence-electron chi connectivity index (χ3n) is 2.87. The van der Waals surface area contributed by atoms with E-state index in [2.05, 4.69) is 25.9 Å². The summed E-state index contributed by atoms with van der Waals surface area (Å²) in [6.07, 6.45) is 3.82. The summed E-state index contributed by atoms with van der Waals surface area (Å²) >= 11 is 4.77. The van der Waals surface area contributed by atoms with Crippen LogP contribution < -0.4 is 4.74 Å². The summed E-state index contributed by atoms with van der Waals surface area (Å²) in [5, 5.41) is 9.46. The number of thioether (sulfide) groups is 1. The second-order valence-corrected chi connectivity index (χ2v) is 6.17. The van der Waals surface area contributed by atoms with Crippen molar-refractivity contribution in [1.82, 2.24) is 9.97 Å². The van der Waals surface area contributed by atoms with Gasteiger partial charge in [-0.05, 0) is 34.2 Å². The Bertz CT molecular complexity index is 466. The highest BCUT2D eigenvalue weighted by atomic mass is 79.9. The lowest BCUT2D eigenvalue weighted by molar-refractivity contribution is -0.138. The topological polar surface area (TPSA) is 72.3 Å². The van der Waals surface area contributed by atoms with Crippen molar-refractivity contribution in [1.29, 1.82) is 0 Å². The molecule has 0 amide bonds. The molecule has 1 aliphatic carbocycles. The van der Waals surface area contributed by atoms with E-state index in [1.54, 1.807) is 13.3 Å².